The SMILES string of the molecule is C=C(C)C(=O)O.C=CC=C.[NaH].[NaH]. The van der Waals surface area contributed by atoms with E-state index in [2.05, 4.69) is 19.7 Å². The van der Waals surface area contributed by atoms with E-state index in [1.807, 2.05) is 0 Å². The van der Waals surface area contributed by atoms with Crippen molar-refractivity contribution >= 4 is 65.1 Å². The van der Waals surface area contributed by atoms with Crippen LogP contribution in [-0.4, -0.2) is 70.2 Å². The first-order valence-corrected chi connectivity index (χ1v) is 2.68. The van der Waals surface area contributed by atoms with Crippen molar-refractivity contribution in [3.05, 3.63) is 37.5 Å². The number of carboxylic acid groups (broad SMARTS) is 1. The van der Waals surface area contributed by atoms with Gasteiger partial charge in [-0.25, -0.2) is 4.79 Å². The predicted octanol–water partition coefficient (Wildman–Crippen LogP) is 0.708. The van der Waals surface area contributed by atoms with E-state index in [1.54, 1.807) is 12.2 Å². The Hall–Kier alpha value is 0.690. The molecule has 0 saturated carbocycles. The van der Waals surface area contributed by atoms with Crippen LogP contribution in [0.4, 0.5) is 0 Å². The first-order chi connectivity index (χ1) is 4.56. The van der Waals surface area contributed by atoms with Crippen molar-refractivity contribution in [2.75, 3.05) is 0 Å². The molecule has 0 aromatic rings. The molecule has 0 aliphatic carbocycles. The summed E-state index contributed by atoms with van der Waals surface area (Å²) in [5, 5.41) is 7.89. The van der Waals surface area contributed by atoms with E-state index in [0.29, 0.717) is 0 Å². The van der Waals surface area contributed by atoms with Crippen LogP contribution in [0.1, 0.15) is 6.92 Å². The van der Waals surface area contributed by atoms with Gasteiger partial charge in [0.05, 0.1) is 0 Å². The molecule has 2 nitrogen and oxygen atoms in total. The van der Waals surface area contributed by atoms with Crippen molar-refractivity contribution < 1.29 is 9.90 Å². The second-order valence-corrected chi connectivity index (χ2v) is 1.56. The predicted molar refractivity (Wildman–Crippen MR) is 57.1 cm³/mol. The van der Waals surface area contributed by atoms with Crippen molar-refractivity contribution in [1.29, 1.82) is 0 Å². The van der Waals surface area contributed by atoms with Gasteiger partial charge in [0.1, 0.15) is 0 Å². The standard InChI is InChI=1S/C4H6O2.C4H6.2Na.2H/c1-3(2)4(5)6;1-3-4-2;;;;/h1H2,2H3,(H,5,6);3-4H,1-2H2;;;;. The number of hydrogen-bond donors (Lipinski definition) is 1. The summed E-state index contributed by atoms with van der Waals surface area (Å²) < 4.78 is 0. The van der Waals surface area contributed by atoms with Crippen LogP contribution in [-0.2, 0) is 4.79 Å². The van der Waals surface area contributed by atoms with Crippen LogP contribution in [0.15, 0.2) is 37.5 Å². The molecule has 0 radical (unpaired) electrons. The third-order valence-corrected chi connectivity index (χ3v) is 0.532. The molecule has 0 fully saturated rings. The average molecular weight is 188 g/mol. The Kier molecular flexibility index (Phi) is 33.9. The quantitative estimate of drug-likeness (QED) is 0.393. The average Bonchev–Trinajstić information content (AvgIpc) is 1.89. The Morgan fingerprint density at radius 2 is 1.42 bits per heavy atom. The van der Waals surface area contributed by atoms with E-state index in [1.165, 1.54) is 6.92 Å². The van der Waals surface area contributed by atoms with Crippen molar-refractivity contribution in [3.63, 3.8) is 0 Å². The van der Waals surface area contributed by atoms with Crippen LogP contribution in [0.25, 0.3) is 0 Å². The molecule has 0 saturated heterocycles. The van der Waals surface area contributed by atoms with Gasteiger partial charge in [-0.1, -0.05) is 31.9 Å². The third kappa shape index (κ3) is 31.0. The number of carboxylic acids is 1. The van der Waals surface area contributed by atoms with E-state index in [4.69, 9.17) is 5.11 Å². The first kappa shape index (κ1) is 23.0. The minimum absolute atomic E-state index is 0. The zero-order valence-corrected chi connectivity index (χ0v) is 6.13. The van der Waals surface area contributed by atoms with Crippen LogP contribution < -0.4 is 0 Å². The molecule has 0 heterocycles. The van der Waals surface area contributed by atoms with Crippen molar-refractivity contribution in [1.82, 2.24) is 0 Å². The van der Waals surface area contributed by atoms with Gasteiger partial charge < -0.3 is 5.11 Å². The molecule has 0 amide bonds. The van der Waals surface area contributed by atoms with Gasteiger partial charge in [0.2, 0.25) is 0 Å². The molecule has 0 unspecified atom stereocenters. The maximum atomic E-state index is 9.60. The van der Waals surface area contributed by atoms with E-state index >= 15 is 0 Å². The molecule has 0 aliphatic rings. The van der Waals surface area contributed by atoms with Crippen molar-refractivity contribution in [2.24, 2.45) is 0 Å². The van der Waals surface area contributed by atoms with Crippen LogP contribution in [0.5, 0.6) is 0 Å². The molecule has 60 valence electrons. The molecular weight excluding hydrogens is 174 g/mol. The van der Waals surface area contributed by atoms with E-state index in [0.717, 1.165) is 0 Å². The summed E-state index contributed by atoms with van der Waals surface area (Å²) in [6.07, 6.45) is 3.28. The Balaban J connectivity index is -0.0000000483. The summed E-state index contributed by atoms with van der Waals surface area (Å²) in [5.74, 6) is -0.935. The fourth-order valence-electron chi connectivity index (χ4n) is 0. The molecule has 0 aromatic heterocycles. The molecular formula is C8H14Na2O2. The summed E-state index contributed by atoms with van der Waals surface area (Å²) >= 11 is 0. The number of aliphatic carboxylic acids is 1. The van der Waals surface area contributed by atoms with Gasteiger partial charge in [-0.2, -0.15) is 0 Å². The fraction of sp³-hybridized carbons (Fsp3) is 0.125. The van der Waals surface area contributed by atoms with Gasteiger partial charge in [-0.15, -0.1) is 0 Å². The fourth-order valence-corrected chi connectivity index (χ4v) is 0. The monoisotopic (exact) mass is 188 g/mol. The van der Waals surface area contributed by atoms with E-state index in [9.17, 15) is 4.79 Å². The second-order valence-electron chi connectivity index (χ2n) is 1.56. The van der Waals surface area contributed by atoms with Crippen molar-refractivity contribution in [3.8, 4) is 0 Å². The summed E-state index contributed by atoms with van der Waals surface area (Å²) in [5.41, 5.74) is 0.176. The summed E-state index contributed by atoms with van der Waals surface area (Å²) in [4.78, 5) is 9.60. The summed E-state index contributed by atoms with van der Waals surface area (Å²) in [7, 11) is 0. The topological polar surface area (TPSA) is 37.3 Å². The van der Waals surface area contributed by atoms with E-state index < -0.39 is 5.97 Å². The number of allylic oxidation sites excluding steroid dienone is 2. The van der Waals surface area contributed by atoms with Gasteiger partial charge in [-0.3, -0.25) is 0 Å². The molecule has 0 rings (SSSR count). The first-order valence-electron chi connectivity index (χ1n) is 2.68. The van der Waals surface area contributed by atoms with Gasteiger partial charge in [0.25, 0.3) is 0 Å². The second kappa shape index (κ2) is 17.7. The Bertz CT molecular complexity index is 135. The number of rotatable bonds is 2. The minimum atomic E-state index is -0.935. The normalized spacial score (nSPS) is 5.42. The summed E-state index contributed by atoms with van der Waals surface area (Å²) in [6, 6.07) is 0. The molecule has 1 N–H and O–H groups in total. The van der Waals surface area contributed by atoms with Gasteiger partial charge in [0.15, 0.2) is 0 Å². The van der Waals surface area contributed by atoms with Gasteiger partial charge in [-0.05, 0) is 6.92 Å². The Morgan fingerprint density at radius 1 is 1.25 bits per heavy atom. The molecule has 0 atom stereocenters. The van der Waals surface area contributed by atoms with Crippen LogP contribution in [0.2, 0.25) is 0 Å². The molecule has 0 bridgehead atoms. The molecule has 0 aliphatic heterocycles. The van der Waals surface area contributed by atoms with E-state index in [-0.39, 0.29) is 64.7 Å². The third-order valence-electron chi connectivity index (χ3n) is 0.532. The van der Waals surface area contributed by atoms with Crippen LogP contribution in [0.3, 0.4) is 0 Å². The zero-order valence-electron chi connectivity index (χ0n) is 6.13. The summed E-state index contributed by atoms with van der Waals surface area (Å²) in [6.45, 7) is 11.3. The molecule has 4 heteroatoms. The Morgan fingerprint density at radius 3 is 1.42 bits per heavy atom. The van der Waals surface area contributed by atoms with Crippen LogP contribution in [0, 0.1) is 0 Å². The number of carbonyl (C=O) groups is 1. The molecule has 0 spiro atoms. The van der Waals surface area contributed by atoms with Crippen LogP contribution >= 0.6 is 0 Å². The maximum absolute atomic E-state index is 9.60. The Labute approximate surface area is 118 Å². The zero-order chi connectivity index (χ0) is 8.57. The molecule has 0 aromatic carbocycles. The van der Waals surface area contributed by atoms with Crippen molar-refractivity contribution in [2.45, 2.75) is 6.92 Å². The van der Waals surface area contributed by atoms with Gasteiger partial charge >= 0.3 is 65.1 Å². The number of hydrogen-bond acceptors (Lipinski definition) is 1. The van der Waals surface area contributed by atoms with Gasteiger partial charge in [0, 0.05) is 5.57 Å². The molecule has 12 heavy (non-hydrogen) atoms.